The van der Waals surface area contributed by atoms with E-state index >= 15 is 0 Å². The number of halogens is 3. The number of hydrogen-bond donors (Lipinski definition) is 0. The van der Waals surface area contributed by atoms with Crippen LogP contribution in [0.2, 0.25) is 0 Å². The van der Waals surface area contributed by atoms with Gasteiger partial charge < -0.3 is 9.47 Å². The summed E-state index contributed by atoms with van der Waals surface area (Å²) >= 11 is 0. The molecule has 0 heterocycles. The van der Waals surface area contributed by atoms with Crippen LogP contribution in [0.1, 0.15) is 15.9 Å². The van der Waals surface area contributed by atoms with Gasteiger partial charge in [0.1, 0.15) is 11.8 Å². The summed E-state index contributed by atoms with van der Waals surface area (Å²) in [4.78, 5) is 11.3. The standard InChI is InChI=1S/C11H8F3NO3/c1-17-10(16)9-4-8(3-2-7(9)5-15)18-6-11(12,13)14/h2-4H,6H2,1H3. The van der Waals surface area contributed by atoms with Crippen LogP contribution in [0.15, 0.2) is 18.2 Å². The number of ether oxygens (including phenoxy) is 2. The predicted molar refractivity (Wildman–Crippen MR) is 54.0 cm³/mol. The summed E-state index contributed by atoms with van der Waals surface area (Å²) in [5, 5.41) is 8.73. The molecule has 1 aromatic carbocycles. The molecule has 0 aliphatic heterocycles. The zero-order chi connectivity index (χ0) is 13.8. The van der Waals surface area contributed by atoms with E-state index in [1.165, 1.54) is 12.1 Å². The maximum atomic E-state index is 11.9. The quantitative estimate of drug-likeness (QED) is 0.781. The average Bonchev–Trinajstić information content (AvgIpc) is 2.34. The van der Waals surface area contributed by atoms with Crippen molar-refractivity contribution in [3.05, 3.63) is 29.3 Å². The lowest BCUT2D eigenvalue weighted by Crippen LogP contribution is -2.19. The molecule has 0 unspecified atom stereocenters. The Bertz CT molecular complexity index is 491. The highest BCUT2D eigenvalue weighted by molar-refractivity contribution is 5.92. The fourth-order valence-corrected chi connectivity index (χ4v) is 1.15. The first-order valence-electron chi connectivity index (χ1n) is 4.69. The summed E-state index contributed by atoms with van der Waals surface area (Å²) in [6.45, 7) is -1.47. The van der Waals surface area contributed by atoms with E-state index in [9.17, 15) is 18.0 Å². The number of methoxy groups -OCH3 is 1. The van der Waals surface area contributed by atoms with E-state index in [-0.39, 0.29) is 16.9 Å². The molecule has 4 nitrogen and oxygen atoms in total. The fraction of sp³-hybridized carbons (Fsp3) is 0.273. The molecule has 7 heteroatoms. The van der Waals surface area contributed by atoms with Crippen molar-refractivity contribution in [2.75, 3.05) is 13.7 Å². The first-order valence-corrected chi connectivity index (χ1v) is 4.69. The first kappa shape index (κ1) is 13.8. The number of esters is 1. The highest BCUT2D eigenvalue weighted by Crippen LogP contribution is 2.21. The zero-order valence-corrected chi connectivity index (χ0v) is 9.25. The van der Waals surface area contributed by atoms with E-state index in [1.807, 2.05) is 0 Å². The normalized spacial score (nSPS) is 10.6. The topological polar surface area (TPSA) is 59.3 Å². The summed E-state index contributed by atoms with van der Waals surface area (Å²) in [5.74, 6) is -0.976. The van der Waals surface area contributed by atoms with Gasteiger partial charge in [0.25, 0.3) is 0 Å². The molecule has 0 spiro atoms. The minimum Gasteiger partial charge on any atom is -0.484 e. The van der Waals surface area contributed by atoms with Crippen LogP contribution in [0, 0.1) is 11.3 Å². The maximum absolute atomic E-state index is 11.9. The van der Waals surface area contributed by atoms with Crippen LogP contribution >= 0.6 is 0 Å². The molecule has 0 atom stereocenters. The van der Waals surface area contributed by atoms with Gasteiger partial charge in [0, 0.05) is 0 Å². The van der Waals surface area contributed by atoms with Gasteiger partial charge in [-0.1, -0.05) is 0 Å². The molecular formula is C11H8F3NO3. The van der Waals surface area contributed by atoms with E-state index in [0.29, 0.717) is 0 Å². The van der Waals surface area contributed by atoms with Gasteiger partial charge in [0.2, 0.25) is 0 Å². The molecule has 0 aliphatic rings. The van der Waals surface area contributed by atoms with E-state index in [1.54, 1.807) is 6.07 Å². The molecule has 1 aromatic rings. The first-order chi connectivity index (χ1) is 8.37. The lowest BCUT2D eigenvalue weighted by molar-refractivity contribution is -0.153. The van der Waals surface area contributed by atoms with Gasteiger partial charge >= 0.3 is 12.1 Å². The Balaban J connectivity index is 2.97. The van der Waals surface area contributed by atoms with Crippen molar-refractivity contribution in [3.8, 4) is 11.8 Å². The molecule has 0 amide bonds. The molecule has 0 aromatic heterocycles. The molecule has 0 bridgehead atoms. The largest absolute Gasteiger partial charge is 0.484 e. The second-order valence-corrected chi connectivity index (χ2v) is 3.21. The van der Waals surface area contributed by atoms with Gasteiger partial charge in [-0.15, -0.1) is 0 Å². The summed E-state index contributed by atoms with van der Waals surface area (Å²) in [5.41, 5.74) is -0.138. The number of alkyl halides is 3. The van der Waals surface area contributed by atoms with E-state index in [2.05, 4.69) is 9.47 Å². The van der Waals surface area contributed by atoms with Gasteiger partial charge in [-0.3, -0.25) is 0 Å². The molecule has 0 N–H and O–H groups in total. The van der Waals surface area contributed by atoms with Gasteiger partial charge in [-0.2, -0.15) is 18.4 Å². The third kappa shape index (κ3) is 3.66. The zero-order valence-electron chi connectivity index (χ0n) is 9.25. The Morgan fingerprint density at radius 1 is 1.44 bits per heavy atom. The third-order valence-corrected chi connectivity index (χ3v) is 1.92. The Hall–Kier alpha value is -2.23. The van der Waals surface area contributed by atoms with E-state index < -0.39 is 18.8 Å². The van der Waals surface area contributed by atoms with Gasteiger partial charge in [0.05, 0.1) is 18.2 Å². The van der Waals surface area contributed by atoms with Gasteiger partial charge in [-0.05, 0) is 18.2 Å². The summed E-state index contributed by atoms with van der Waals surface area (Å²) in [7, 11) is 1.10. The van der Waals surface area contributed by atoms with E-state index in [0.717, 1.165) is 13.2 Å². The Kier molecular flexibility index (Phi) is 4.15. The molecule has 96 valence electrons. The SMILES string of the molecule is COC(=O)c1cc(OCC(F)(F)F)ccc1C#N. The Labute approximate surface area is 101 Å². The predicted octanol–water partition coefficient (Wildman–Crippen LogP) is 2.29. The fourth-order valence-electron chi connectivity index (χ4n) is 1.15. The number of rotatable bonds is 3. The van der Waals surface area contributed by atoms with Gasteiger partial charge in [-0.25, -0.2) is 4.79 Å². The molecule has 1 rings (SSSR count). The number of benzene rings is 1. The van der Waals surface area contributed by atoms with Crippen molar-refractivity contribution in [1.82, 2.24) is 0 Å². The Morgan fingerprint density at radius 2 is 2.11 bits per heavy atom. The van der Waals surface area contributed by atoms with Crippen LogP contribution in [0.5, 0.6) is 5.75 Å². The molecule has 0 aliphatic carbocycles. The monoisotopic (exact) mass is 259 g/mol. The minimum atomic E-state index is -4.47. The van der Waals surface area contributed by atoms with Crippen molar-refractivity contribution in [3.63, 3.8) is 0 Å². The number of nitriles is 1. The number of carbonyl (C=O) groups is 1. The van der Waals surface area contributed by atoms with Crippen LogP contribution in [0.3, 0.4) is 0 Å². The van der Waals surface area contributed by atoms with Crippen molar-refractivity contribution in [2.45, 2.75) is 6.18 Å². The van der Waals surface area contributed by atoms with Crippen molar-refractivity contribution < 1.29 is 27.4 Å². The minimum absolute atomic E-state index is 0.00112. The van der Waals surface area contributed by atoms with Crippen molar-refractivity contribution in [1.29, 1.82) is 5.26 Å². The Morgan fingerprint density at radius 3 is 2.61 bits per heavy atom. The highest BCUT2D eigenvalue weighted by Gasteiger charge is 2.28. The number of nitrogens with zero attached hydrogens (tertiary/aromatic N) is 1. The number of hydrogen-bond acceptors (Lipinski definition) is 4. The third-order valence-electron chi connectivity index (χ3n) is 1.92. The molecule has 0 saturated carbocycles. The van der Waals surface area contributed by atoms with E-state index in [4.69, 9.17) is 5.26 Å². The lowest BCUT2D eigenvalue weighted by Gasteiger charge is -2.10. The molecule has 18 heavy (non-hydrogen) atoms. The smallest absolute Gasteiger partial charge is 0.422 e. The molecule has 0 saturated heterocycles. The molecule has 0 radical (unpaired) electrons. The van der Waals surface area contributed by atoms with Crippen molar-refractivity contribution >= 4 is 5.97 Å². The lowest BCUT2D eigenvalue weighted by atomic mass is 10.1. The van der Waals surface area contributed by atoms with Crippen molar-refractivity contribution in [2.24, 2.45) is 0 Å². The summed E-state index contributed by atoms with van der Waals surface area (Å²) in [6.07, 6.45) is -4.47. The maximum Gasteiger partial charge on any atom is 0.422 e. The molecular weight excluding hydrogens is 251 g/mol. The average molecular weight is 259 g/mol. The van der Waals surface area contributed by atoms with Crippen LogP contribution in [-0.2, 0) is 4.74 Å². The van der Waals surface area contributed by atoms with Crippen LogP contribution in [0.4, 0.5) is 13.2 Å². The number of carbonyl (C=O) groups excluding carboxylic acids is 1. The summed E-state index contributed by atoms with van der Waals surface area (Å²) < 4.78 is 44.7. The summed E-state index contributed by atoms with van der Waals surface area (Å²) in [6, 6.07) is 5.14. The van der Waals surface area contributed by atoms with Crippen LogP contribution in [-0.4, -0.2) is 25.9 Å². The van der Waals surface area contributed by atoms with Crippen LogP contribution < -0.4 is 4.74 Å². The highest BCUT2D eigenvalue weighted by atomic mass is 19.4. The van der Waals surface area contributed by atoms with Gasteiger partial charge in [0.15, 0.2) is 6.61 Å². The second kappa shape index (κ2) is 5.40. The van der Waals surface area contributed by atoms with Crippen LogP contribution in [0.25, 0.3) is 0 Å². The second-order valence-electron chi connectivity index (χ2n) is 3.21. The molecule has 0 fully saturated rings.